The molecule has 0 unspecified atom stereocenters. The van der Waals surface area contributed by atoms with Crippen LogP contribution in [-0.4, -0.2) is 29.4 Å². The monoisotopic (exact) mass is 391 g/mol. The molecule has 0 fully saturated rings. The number of hydrazone groups is 1. The van der Waals surface area contributed by atoms with Crippen molar-refractivity contribution in [3.8, 4) is 11.5 Å². The minimum Gasteiger partial charge on any atom is -0.493 e. The van der Waals surface area contributed by atoms with Gasteiger partial charge in [0, 0.05) is 6.20 Å². The number of carboxylic acid groups (broad SMARTS) is 1. The van der Waals surface area contributed by atoms with Crippen LogP contribution in [0.4, 0.5) is 5.82 Å². The molecule has 29 heavy (non-hydrogen) atoms. The number of ether oxygens (including phenoxy) is 2. The molecule has 0 spiro atoms. The summed E-state index contributed by atoms with van der Waals surface area (Å²) in [5, 5.41) is 13.0. The van der Waals surface area contributed by atoms with E-state index in [-0.39, 0.29) is 5.56 Å². The summed E-state index contributed by atoms with van der Waals surface area (Å²) in [6, 6.07) is 16.7. The van der Waals surface area contributed by atoms with Crippen LogP contribution in [0.1, 0.15) is 27.0 Å². The van der Waals surface area contributed by atoms with E-state index in [4.69, 9.17) is 14.6 Å². The topological polar surface area (TPSA) is 93.0 Å². The SMILES string of the molecule is COc1cc(/C=N/Nc2ccc(C(=O)O)cn2)ccc1OCc1ccc(C)cc1. The van der Waals surface area contributed by atoms with E-state index < -0.39 is 5.97 Å². The number of carboxylic acids is 1. The molecule has 3 rings (SSSR count). The molecule has 7 nitrogen and oxygen atoms in total. The van der Waals surface area contributed by atoms with Crippen molar-refractivity contribution in [1.82, 2.24) is 4.98 Å². The van der Waals surface area contributed by atoms with Gasteiger partial charge in [0.2, 0.25) is 0 Å². The van der Waals surface area contributed by atoms with Crippen LogP contribution in [0.25, 0.3) is 0 Å². The molecule has 0 saturated heterocycles. The van der Waals surface area contributed by atoms with Crippen molar-refractivity contribution in [3.63, 3.8) is 0 Å². The van der Waals surface area contributed by atoms with E-state index in [1.165, 1.54) is 17.8 Å². The maximum Gasteiger partial charge on any atom is 0.337 e. The van der Waals surface area contributed by atoms with Crippen LogP contribution in [-0.2, 0) is 6.61 Å². The third-order valence-electron chi connectivity index (χ3n) is 4.11. The summed E-state index contributed by atoms with van der Waals surface area (Å²) >= 11 is 0. The van der Waals surface area contributed by atoms with Crippen LogP contribution >= 0.6 is 0 Å². The maximum absolute atomic E-state index is 10.8. The first kappa shape index (κ1) is 19.9. The Labute approximate surface area is 168 Å². The van der Waals surface area contributed by atoms with Gasteiger partial charge >= 0.3 is 5.97 Å². The Kier molecular flexibility index (Phi) is 6.42. The number of carbonyl (C=O) groups is 1. The number of aromatic carboxylic acids is 1. The Balaban J connectivity index is 1.62. The highest BCUT2D eigenvalue weighted by Crippen LogP contribution is 2.28. The molecule has 0 aliphatic carbocycles. The summed E-state index contributed by atoms with van der Waals surface area (Å²) in [6.07, 6.45) is 2.88. The molecule has 0 radical (unpaired) electrons. The number of hydrogen-bond acceptors (Lipinski definition) is 6. The Morgan fingerprint density at radius 3 is 2.59 bits per heavy atom. The van der Waals surface area contributed by atoms with Gasteiger partial charge in [-0.05, 0) is 48.4 Å². The molecule has 0 amide bonds. The Hall–Kier alpha value is -3.87. The number of pyridine rings is 1. The lowest BCUT2D eigenvalue weighted by molar-refractivity contribution is 0.0696. The lowest BCUT2D eigenvalue weighted by Crippen LogP contribution is -2.00. The van der Waals surface area contributed by atoms with Crippen molar-refractivity contribution in [2.75, 3.05) is 12.5 Å². The van der Waals surface area contributed by atoms with Crippen molar-refractivity contribution in [2.45, 2.75) is 13.5 Å². The number of hydrogen-bond donors (Lipinski definition) is 2. The van der Waals surface area contributed by atoms with Gasteiger partial charge < -0.3 is 14.6 Å². The average molecular weight is 391 g/mol. The second kappa shape index (κ2) is 9.36. The van der Waals surface area contributed by atoms with Gasteiger partial charge in [-0.25, -0.2) is 9.78 Å². The van der Waals surface area contributed by atoms with Crippen LogP contribution < -0.4 is 14.9 Å². The fourth-order valence-electron chi connectivity index (χ4n) is 2.49. The van der Waals surface area contributed by atoms with E-state index in [0.717, 1.165) is 11.1 Å². The van der Waals surface area contributed by atoms with Gasteiger partial charge in [-0.2, -0.15) is 5.10 Å². The fraction of sp³-hybridized carbons (Fsp3) is 0.136. The van der Waals surface area contributed by atoms with Crippen LogP contribution in [0.3, 0.4) is 0 Å². The third-order valence-corrected chi connectivity index (χ3v) is 4.11. The summed E-state index contributed by atoms with van der Waals surface area (Å²) < 4.78 is 11.3. The first-order valence-corrected chi connectivity index (χ1v) is 8.90. The molecule has 7 heteroatoms. The first-order valence-electron chi connectivity index (χ1n) is 8.90. The summed E-state index contributed by atoms with van der Waals surface area (Å²) in [6.45, 7) is 2.49. The number of nitrogens with one attached hydrogen (secondary N) is 1. The van der Waals surface area contributed by atoms with Crippen molar-refractivity contribution in [2.24, 2.45) is 5.10 Å². The average Bonchev–Trinajstić information content (AvgIpc) is 2.74. The van der Waals surface area contributed by atoms with E-state index in [2.05, 4.69) is 15.5 Å². The van der Waals surface area contributed by atoms with Gasteiger partial charge in [-0.15, -0.1) is 0 Å². The molecule has 0 saturated carbocycles. The zero-order valence-electron chi connectivity index (χ0n) is 16.1. The predicted molar refractivity (Wildman–Crippen MR) is 111 cm³/mol. The largest absolute Gasteiger partial charge is 0.493 e. The van der Waals surface area contributed by atoms with Gasteiger partial charge in [-0.3, -0.25) is 5.43 Å². The van der Waals surface area contributed by atoms with Crippen molar-refractivity contribution < 1.29 is 19.4 Å². The van der Waals surface area contributed by atoms with Gasteiger partial charge in [0.15, 0.2) is 11.5 Å². The zero-order chi connectivity index (χ0) is 20.6. The fourth-order valence-corrected chi connectivity index (χ4v) is 2.49. The van der Waals surface area contributed by atoms with Crippen LogP contribution in [0.15, 0.2) is 65.9 Å². The number of rotatable bonds is 8. The number of methoxy groups -OCH3 is 1. The van der Waals surface area contributed by atoms with Crippen LogP contribution in [0.5, 0.6) is 11.5 Å². The molecule has 1 aromatic heterocycles. The van der Waals surface area contributed by atoms with E-state index in [1.54, 1.807) is 19.4 Å². The number of aromatic nitrogens is 1. The predicted octanol–water partition coefficient (Wildman–Crippen LogP) is 4.12. The lowest BCUT2D eigenvalue weighted by atomic mass is 10.2. The van der Waals surface area contributed by atoms with E-state index in [1.807, 2.05) is 49.4 Å². The van der Waals surface area contributed by atoms with Gasteiger partial charge in [0.1, 0.15) is 12.4 Å². The smallest absolute Gasteiger partial charge is 0.337 e. The lowest BCUT2D eigenvalue weighted by Gasteiger charge is -2.11. The van der Waals surface area contributed by atoms with Crippen molar-refractivity contribution >= 4 is 18.0 Å². The first-order chi connectivity index (χ1) is 14.0. The minimum absolute atomic E-state index is 0.116. The Morgan fingerprint density at radius 2 is 1.93 bits per heavy atom. The summed E-state index contributed by atoms with van der Waals surface area (Å²) in [4.78, 5) is 14.8. The van der Waals surface area contributed by atoms with Crippen LogP contribution in [0.2, 0.25) is 0 Å². The standard InChI is InChI=1S/C22H21N3O4/c1-15-3-5-16(6-4-15)14-29-19-9-7-17(11-20(19)28-2)12-24-25-21-10-8-18(13-23-21)22(26)27/h3-13H,14H2,1-2H3,(H,23,25)(H,26,27)/b24-12+. The number of aryl methyl sites for hydroxylation is 1. The summed E-state index contributed by atoms with van der Waals surface area (Å²) in [5.74, 6) is 0.662. The molecule has 2 aromatic carbocycles. The number of nitrogens with zero attached hydrogens (tertiary/aromatic N) is 2. The Bertz CT molecular complexity index is 1000. The highest BCUT2D eigenvalue weighted by atomic mass is 16.5. The second-order valence-electron chi connectivity index (χ2n) is 6.29. The third kappa shape index (κ3) is 5.55. The second-order valence-corrected chi connectivity index (χ2v) is 6.29. The van der Waals surface area contributed by atoms with E-state index in [0.29, 0.717) is 23.9 Å². The molecular weight excluding hydrogens is 370 g/mol. The molecule has 0 bridgehead atoms. The molecular formula is C22H21N3O4. The van der Waals surface area contributed by atoms with Crippen LogP contribution in [0, 0.1) is 6.92 Å². The summed E-state index contributed by atoms with van der Waals surface area (Å²) in [5.41, 5.74) is 5.96. The molecule has 0 aliphatic rings. The van der Waals surface area contributed by atoms with Gasteiger partial charge in [0.05, 0.1) is 18.9 Å². The molecule has 148 valence electrons. The van der Waals surface area contributed by atoms with Gasteiger partial charge in [-0.1, -0.05) is 29.8 Å². The minimum atomic E-state index is -1.02. The normalized spacial score (nSPS) is 10.7. The Morgan fingerprint density at radius 1 is 1.14 bits per heavy atom. The van der Waals surface area contributed by atoms with E-state index >= 15 is 0 Å². The van der Waals surface area contributed by atoms with E-state index in [9.17, 15) is 4.79 Å². The molecule has 1 heterocycles. The summed E-state index contributed by atoms with van der Waals surface area (Å²) in [7, 11) is 1.58. The number of anilines is 1. The number of benzene rings is 2. The van der Waals surface area contributed by atoms with Crippen molar-refractivity contribution in [1.29, 1.82) is 0 Å². The van der Waals surface area contributed by atoms with Gasteiger partial charge in [0.25, 0.3) is 0 Å². The molecule has 3 aromatic rings. The zero-order valence-corrected chi connectivity index (χ0v) is 16.1. The highest BCUT2D eigenvalue weighted by Gasteiger charge is 2.06. The quantitative estimate of drug-likeness (QED) is 0.443. The molecule has 0 atom stereocenters. The molecule has 0 aliphatic heterocycles. The molecule has 2 N–H and O–H groups in total. The highest BCUT2D eigenvalue weighted by molar-refractivity contribution is 5.87. The van der Waals surface area contributed by atoms with Crippen molar-refractivity contribution in [3.05, 3.63) is 83.0 Å². The maximum atomic E-state index is 10.8.